The van der Waals surface area contributed by atoms with Gasteiger partial charge in [0.1, 0.15) is 11.8 Å². The average Bonchev–Trinajstić information content (AvgIpc) is 2.49. The monoisotopic (exact) mass is 285 g/mol. The third-order valence-corrected chi connectivity index (χ3v) is 3.19. The molecule has 0 aliphatic rings. The molecule has 5 heteroatoms. The summed E-state index contributed by atoms with van der Waals surface area (Å²) in [7, 11) is 1.69. The van der Waals surface area contributed by atoms with Gasteiger partial charge in [-0.25, -0.2) is 4.98 Å². The van der Waals surface area contributed by atoms with Crippen molar-refractivity contribution in [3.8, 4) is 6.07 Å². The molecule has 0 saturated carbocycles. The third-order valence-electron chi connectivity index (χ3n) is 2.82. The number of nitrogens with zero attached hydrogens (tertiary/aromatic N) is 3. The molecule has 0 fully saturated rings. The van der Waals surface area contributed by atoms with E-state index in [-0.39, 0.29) is 5.91 Å². The number of halogens is 1. The number of nitriles is 1. The summed E-state index contributed by atoms with van der Waals surface area (Å²) in [5, 5.41) is 9.33. The zero-order chi connectivity index (χ0) is 14.5. The number of pyridine rings is 1. The smallest absolute Gasteiger partial charge is 0.272 e. The molecule has 1 amide bonds. The van der Waals surface area contributed by atoms with E-state index in [1.807, 2.05) is 24.3 Å². The van der Waals surface area contributed by atoms with Crippen LogP contribution in [0.5, 0.6) is 0 Å². The Morgan fingerprint density at radius 2 is 2.10 bits per heavy atom. The summed E-state index contributed by atoms with van der Waals surface area (Å²) in [6.07, 6.45) is 1.39. The largest absolute Gasteiger partial charge is 0.336 e. The molecule has 100 valence electrons. The fourth-order valence-electron chi connectivity index (χ4n) is 1.74. The Hall–Kier alpha value is -2.38. The Labute approximate surface area is 122 Å². The van der Waals surface area contributed by atoms with Crippen LogP contribution in [0.1, 0.15) is 21.6 Å². The lowest BCUT2D eigenvalue weighted by Gasteiger charge is -2.17. The number of amides is 1. The Morgan fingerprint density at radius 3 is 2.70 bits per heavy atom. The average molecular weight is 286 g/mol. The summed E-state index contributed by atoms with van der Waals surface area (Å²) >= 11 is 6.07. The number of hydrogen-bond donors (Lipinski definition) is 0. The van der Waals surface area contributed by atoms with Crippen molar-refractivity contribution in [3.63, 3.8) is 0 Å². The van der Waals surface area contributed by atoms with Gasteiger partial charge in [-0.3, -0.25) is 4.79 Å². The molecule has 0 atom stereocenters. The highest BCUT2D eigenvalue weighted by molar-refractivity contribution is 6.31. The second-order valence-corrected chi connectivity index (χ2v) is 4.70. The summed E-state index contributed by atoms with van der Waals surface area (Å²) in [6.45, 7) is 0.403. The van der Waals surface area contributed by atoms with Crippen molar-refractivity contribution in [1.82, 2.24) is 9.88 Å². The lowest BCUT2D eigenvalue weighted by molar-refractivity contribution is 0.0779. The minimum atomic E-state index is -0.214. The van der Waals surface area contributed by atoms with E-state index in [1.54, 1.807) is 25.2 Å². The van der Waals surface area contributed by atoms with Crippen LogP contribution in [0.3, 0.4) is 0 Å². The van der Waals surface area contributed by atoms with Gasteiger partial charge in [0.25, 0.3) is 5.91 Å². The molecule has 1 aromatic heterocycles. The SMILES string of the molecule is CN(Cc1ccccc1Cl)C(=O)c1ccc(C#N)cn1. The predicted octanol–water partition coefficient (Wildman–Crippen LogP) is 2.88. The van der Waals surface area contributed by atoms with Crippen molar-refractivity contribution in [2.75, 3.05) is 7.05 Å². The van der Waals surface area contributed by atoms with E-state index < -0.39 is 0 Å². The summed E-state index contributed by atoms with van der Waals surface area (Å²) < 4.78 is 0. The lowest BCUT2D eigenvalue weighted by atomic mass is 10.2. The maximum Gasteiger partial charge on any atom is 0.272 e. The zero-order valence-corrected chi connectivity index (χ0v) is 11.6. The Kier molecular flexibility index (Phi) is 4.34. The van der Waals surface area contributed by atoms with Crippen LogP contribution < -0.4 is 0 Å². The Morgan fingerprint density at radius 1 is 1.35 bits per heavy atom. The molecule has 0 unspecified atom stereocenters. The van der Waals surface area contributed by atoms with Gasteiger partial charge in [0.2, 0.25) is 0 Å². The van der Waals surface area contributed by atoms with Gasteiger partial charge in [0, 0.05) is 24.8 Å². The highest BCUT2D eigenvalue weighted by Gasteiger charge is 2.14. The Balaban J connectivity index is 2.12. The summed E-state index contributed by atoms with van der Waals surface area (Å²) in [5.41, 5.74) is 1.60. The molecular weight excluding hydrogens is 274 g/mol. The molecule has 20 heavy (non-hydrogen) atoms. The molecule has 1 aromatic carbocycles. The maximum atomic E-state index is 12.2. The van der Waals surface area contributed by atoms with E-state index in [1.165, 1.54) is 11.1 Å². The molecule has 2 rings (SSSR count). The summed E-state index contributed by atoms with van der Waals surface area (Å²) in [6, 6.07) is 12.5. The minimum Gasteiger partial charge on any atom is -0.336 e. The second-order valence-electron chi connectivity index (χ2n) is 4.30. The van der Waals surface area contributed by atoms with Gasteiger partial charge < -0.3 is 4.90 Å². The molecule has 0 N–H and O–H groups in total. The first-order chi connectivity index (χ1) is 9.61. The zero-order valence-electron chi connectivity index (χ0n) is 10.9. The van der Waals surface area contributed by atoms with E-state index in [9.17, 15) is 4.79 Å². The number of benzene rings is 1. The molecule has 2 aromatic rings. The summed E-state index contributed by atoms with van der Waals surface area (Å²) in [4.78, 5) is 17.7. The van der Waals surface area contributed by atoms with Crippen LogP contribution in [0.25, 0.3) is 0 Å². The first-order valence-corrected chi connectivity index (χ1v) is 6.34. The first-order valence-electron chi connectivity index (χ1n) is 5.97. The van der Waals surface area contributed by atoms with Gasteiger partial charge >= 0.3 is 0 Å². The van der Waals surface area contributed by atoms with Crippen LogP contribution in [0.15, 0.2) is 42.6 Å². The van der Waals surface area contributed by atoms with Crippen LogP contribution >= 0.6 is 11.6 Å². The fraction of sp³-hybridized carbons (Fsp3) is 0.133. The maximum absolute atomic E-state index is 12.2. The standard InChI is InChI=1S/C15H12ClN3O/c1-19(10-12-4-2-3-5-13(12)16)15(20)14-7-6-11(8-17)9-18-14/h2-7,9H,10H2,1H3. The van der Waals surface area contributed by atoms with Gasteiger partial charge in [-0.2, -0.15) is 5.26 Å². The van der Waals surface area contributed by atoms with Crippen molar-refractivity contribution in [2.24, 2.45) is 0 Å². The van der Waals surface area contributed by atoms with Crippen molar-refractivity contribution in [1.29, 1.82) is 5.26 Å². The van der Waals surface area contributed by atoms with E-state index in [4.69, 9.17) is 16.9 Å². The number of carbonyl (C=O) groups is 1. The first kappa shape index (κ1) is 14.0. The lowest BCUT2D eigenvalue weighted by Crippen LogP contribution is -2.27. The van der Waals surface area contributed by atoms with Crippen LogP contribution in [0, 0.1) is 11.3 Å². The van der Waals surface area contributed by atoms with Gasteiger partial charge in [0.15, 0.2) is 0 Å². The highest BCUT2D eigenvalue weighted by atomic mass is 35.5. The molecule has 0 aliphatic carbocycles. The predicted molar refractivity (Wildman–Crippen MR) is 76.2 cm³/mol. The van der Waals surface area contributed by atoms with Crippen molar-refractivity contribution in [3.05, 3.63) is 64.4 Å². The van der Waals surface area contributed by atoms with Gasteiger partial charge in [-0.1, -0.05) is 29.8 Å². The van der Waals surface area contributed by atoms with Gasteiger partial charge in [-0.15, -0.1) is 0 Å². The molecule has 0 saturated heterocycles. The van der Waals surface area contributed by atoms with Crippen LogP contribution in [0.4, 0.5) is 0 Å². The van der Waals surface area contributed by atoms with Gasteiger partial charge in [-0.05, 0) is 23.8 Å². The van der Waals surface area contributed by atoms with Crippen molar-refractivity contribution in [2.45, 2.75) is 6.54 Å². The number of aromatic nitrogens is 1. The Bertz CT molecular complexity index is 662. The number of rotatable bonds is 3. The van der Waals surface area contributed by atoms with E-state index in [2.05, 4.69) is 4.98 Å². The van der Waals surface area contributed by atoms with Gasteiger partial charge in [0.05, 0.1) is 5.56 Å². The topological polar surface area (TPSA) is 57.0 Å². The molecule has 4 nitrogen and oxygen atoms in total. The van der Waals surface area contributed by atoms with Crippen LogP contribution in [-0.2, 0) is 6.54 Å². The third kappa shape index (κ3) is 3.14. The highest BCUT2D eigenvalue weighted by Crippen LogP contribution is 2.17. The van der Waals surface area contributed by atoms with Crippen molar-refractivity contribution < 1.29 is 4.79 Å². The number of hydrogen-bond acceptors (Lipinski definition) is 3. The second kappa shape index (κ2) is 6.18. The normalized spacial score (nSPS) is 9.85. The van der Waals surface area contributed by atoms with E-state index >= 15 is 0 Å². The fourth-order valence-corrected chi connectivity index (χ4v) is 1.93. The van der Waals surface area contributed by atoms with E-state index in [0.717, 1.165) is 5.56 Å². The number of carbonyl (C=O) groups excluding carboxylic acids is 1. The quantitative estimate of drug-likeness (QED) is 0.871. The molecule has 1 heterocycles. The molecule has 0 aliphatic heterocycles. The summed E-state index contributed by atoms with van der Waals surface area (Å²) in [5.74, 6) is -0.214. The van der Waals surface area contributed by atoms with E-state index in [0.29, 0.717) is 22.8 Å². The minimum absolute atomic E-state index is 0.214. The van der Waals surface area contributed by atoms with Crippen molar-refractivity contribution >= 4 is 17.5 Å². The molecule has 0 spiro atoms. The van der Waals surface area contributed by atoms with Crippen LogP contribution in [0.2, 0.25) is 5.02 Å². The molecule has 0 radical (unpaired) electrons. The van der Waals surface area contributed by atoms with Crippen LogP contribution in [-0.4, -0.2) is 22.8 Å². The molecular formula is C15H12ClN3O. The molecule has 0 bridgehead atoms.